The summed E-state index contributed by atoms with van der Waals surface area (Å²) in [6.07, 6.45) is 11.2. The van der Waals surface area contributed by atoms with Crippen LogP contribution in [0.15, 0.2) is 53.7 Å². The van der Waals surface area contributed by atoms with Gasteiger partial charge in [0.2, 0.25) is 0 Å². The Morgan fingerprint density at radius 1 is 1.06 bits per heavy atom. The number of allylic oxidation sites excluding steroid dienone is 2. The van der Waals surface area contributed by atoms with Crippen LogP contribution in [0.4, 0.5) is 10.7 Å². The summed E-state index contributed by atoms with van der Waals surface area (Å²) in [5.74, 6) is -0.0758. The molecule has 4 rings (SSSR count). The molecule has 0 bridgehead atoms. The summed E-state index contributed by atoms with van der Waals surface area (Å²) in [6, 6.07) is 7.09. The van der Waals surface area contributed by atoms with E-state index in [0.717, 1.165) is 22.9 Å². The van der Waals surface area contributed by atoms with Crippen LogP contribution in [0.3, 0.4) is 0 Å². The summed E-state index contributed by atoms with van der Waals surface area (Å²) in [5, 5.41) is 10.5. The van der Waals surface area contributed by atoms with Gasteiger partial charge in [0.1, 0.15) is 10.8 Å². The molecule has 1 N–H and O–H groups in total. The maximum atomic E-state index is 11.4. The second-order valence-electron chi connectivity index (χ2n) is 9.70. The van der Waals surface area contributed by atoms with Crippen molar-refractivity contribution >= 4 is 33.8 Å². The van der Waals surface area contributed by atoms with Crippen LogP contribution in [0.25, 0.3) is 0 Å². The minimum atomic E-state index is -0.918. The minimum Gasteiger partial charge on any atom is -0.478 e. The van der Waals surface area contributed by atoms with E-state index < -0.39 is 5.97 Å². The van der Waals surface area contributed by atoms with E-state index >= 15 is 0 Å². The molecule has 2 aliphatic rings. The number of hydrogen-bond donors (Lipinski definition) is 1. The number of benzene rings is 1. The topological polar surface area (TPSA) is 52.9 Å². The molecule has 0 saturated heterocycles. The number of rotatable bonds is 3. The number of nitrogens with zero attached hydrogens (tertiary/aromatic N) is 2. The normalized spacial score (nSPS) is 18.8. The summed E-state index contributed by atoms with van der Waals surface area (Å²) in [5.41, 5.74) is 4.23. The zero-order chi connectivity index (χ0) is 22.4. The van der Waals surface area contributed by atoms with Crippen LogP contribution < -0.4 is 4.90 Å². The number of carbonyl (C=O) groups is 1. The Hall–Kier alpha value is -2.66. The van der Waals surface area contributed by atoms with Crippen molar-refractivity contribution in [3.63, 3.8) is 0 Å². The second-order valence-corrected chi connectivity index (χ2v) is 10.7. The highest BCUT2D eigenvalue weighted by atomic mass is 32.1. The Balaban J connectivity index is 1.93. The van der Waals surface area contributed by atoms with Crippen LogP contribution in [0, 0.1) is 6.92 Å². The van der Waals surface area contributed by atoms with Crippen molar-refractivity contribution in [1.82, 2.24) is 0 Å². The number of anilines is 2. The lowest BCUT2D eigenvalue weighted by atomic mass is 9.66. The number of aromatic carboxylic acids is 1. The number of fused-ring (bicyclic) bond motifs is 1. The predicted molar refractivity (Wildman–Crippen MR) is 130 cm³/mol. The third-order valence-corrected chi connectivity index (χ3v) is 8.09. The highest BCUT2D eigenvalue weighted by Gasteiger charge is 2.41. The van der Waals surface area contributed by atoms with Gasteiger partial charge in [0.15, 0.2) is 0 Å². The molecule has 0 atom stereocenters. The quantitative estimate of drug-likeness (QED) is 0.560. The van der Waals surface area contributed by atoms with Gasteiger partial charge in [0, 0.05) is 16.8 Å². The molecule has 162 valence electrons. The van der Waals surface area contributed by atoms with Gasteiger partial charge in [0.05, 0.1) is 5.56 Å². The van der Waals surface area contributed by atoms with Gasteiger partial charge >= 0.3 is 5.97 Å². The molecular weight excluding hydrogens is 404 g/mol. The molecule has 0 radical (unpaired) electrons. The first kappa shape index (κ1) is 21.6. The first-order valence-corrected chi connectivity index (χ1v) is 11.6. The number of aliphatic imine (C=N–C) groups is 1. The number of carboxylic acids is 1. The van der Waals surface area contributed by atoms with Gasteiger partial charge in [-0.05, 0) is 78.5 Å². The largest absolute Gasteiger partial charge is 0.478 e. The highest BCUT2D eigenvalue weighted by molar-refractivity contribution is 7.17. The maximum Gasteiger partial charge on any atom is 0.335 e. The molecule has 1 aliphatic heterocycles. The lowest BCUT2D eigenvalue weighted by Crippen LogP contribution is -2.32. The number of thiophene rings is 1. The fourth-order valence-corrected chi connectivity index (χ4v) is 6.24. The molecule has 2 heterocycles. The molecule has 0 spiro atoms. The van der Waals surface area contributed by atoms with Crippen molar-refractivity contribution in [3.8, 4) is 0 Å². The van der Waals surface area contributed by atoms with Gasteiger partial charge in [-0.2, -0.15) is 0 Å². The highest BCUT2D eigenvalue weighted by Crippen LogP contribution is 2.54. The predicted octanol–water partition coefficient (Wildman–Crippen LogP) is 7.11. The SMILES string of the molecule is Cc1c(N(C2=NC=CCC=C2)c2ccc(C(=O)O)cc2)sc2c1C(C)(C)CCC2(C)C. The fraction of sp³-hybridized carbons (Fsp3) is 0.385. The summed E-state index contributed by atoms with van der Waals surface area (Å²) >= 11 is 1.86. The van der Waals surface area contributed by atoms with E-state index in [9.17, 15) is 9.90 Å². The van der Waals surface area contributed by atoms with Gasteiger partial charge in [-0.25, -0.2) is 9.79 Å². The monoisotopic (exact) mass is 434 g/mol. The third-order valence-electron chi connectivity index (χ3n) is 6.44. The molecule has 1 aliphatic carbocycles. The van der Waals surface area contributed by atoms with Crippen molar-refractivity contribution in [2.75, 3.05) is 4.90 Å². The molecule has 2 aromatic rings. The Morgan fingerprint density at radius 3 is 2.39 bits per heavy atom. The zero-order valence-electron chi connectivity index (χ0n) is 18.9. The third kappa shape index (κ3) is 3.87. The Bertz CT molecular complexity index is 1100. The Kier molecular flexibility index (Phi) is 5.42. The van der Waals surface area contributed by atoms with Gasteiger partial charge in [-0.3, -0.25) is 4.90 Å². The Morgan fingerprint density at radius 2 is 1.74 bits per heavy atom. The minimum absolute atomic E-state index is 0.128. The lowest BCUT2D eigenvalue weighted by Gasteiger charge is -2.39. The smallest absolute Gasteiger partial charge is 0.335 e. The van der Waals surface area contributed by atoms with Crippen molar-refractivity contribution in [2.24, 2.45) is 4.99 Å². The van der Waals surface area contributed by atoms with E-state index in [4.69, 9.17) is 4.99 Å². The molecular formula is C26H30N2O2S. The molecule has 31 heavy (non-hydrogen) atoms. The van der Waals surface area contributed by atoms with Crippen molar-refractivity contribution in [2.45, 2.75) is 64.7 Å². The van der Waals surface area contributed by atoms with Crippen molar-refractivity contribution < 1.29 is 9.90 Å². The van der Waals surface area contributed by atoms with Crippen LogP contribution >= 0.6 is 11.3 Å². The number of amidine groups is 1. The zero-order valence-corrected chi connectivity index (χ0v) is 19.7. The molecule has 1 aromatic carbocycles. The molecule has 0 saturated carbocycles. The van der Waals surface area contributed by atoms with Crippen LogP contribution in [0.5, 0.6) is 0 Å². The van der Waals surface area contributed by atoms with Crippen LogP contribution in [0.2, 0.25) is 0 Å². The van der Waals surface area contributed by atoms with Crippen molar-refractivity contribution in [1.29, 1.82) is 0 Å². The van der Waals surface area contributed by atoms with E-state index in [-0.39, 0.29) is 16.4 Å². The van der Waals surface area contributed by atoms with E-state index in [1.807, 2.05) is 35.7 Å². The molecule has 4 nitrogen and oxygen atoms in total. The van der Waals surface area contributed by atoms with E-state index in [1.54, 1.807) is 12.1 Å². The molecule has 0 unspecified atom stereocenters. The van der Waals surface area contributed by atoms with E-state index in [2.05, 4.69) is 51.7 Å². The summed E-state index contributed by atoms with van der Waals surface area (Å²) in [4.78, 5) is 19.7. The number of hydrogen-bond acceptors (Lipinski definition) is 4. The lowest BCUT2D eigenvalue weighted by molar-refractivity contribution is 0.0697. The summed E-state index contributed by atoms with van der Waals surface area (Å²) < 4.78 is 0. The average molecular weight is 435 g/mol. The number of carboxylic acid groups (broad SMARTS) is 1. The molecule has 1 aromatic heterocycles. The fourth-order valence-electron chi connectivity index (χ4n) is 4.59. The molecule has 0 fully saturated rings. The van der Waals surface area contributed by atoms with Crippen LogP contribution in [-0.4, -0.2) is 16.9 Å². The first-order chi connectivity index (χ1) is 14.6. The molecule has 5 heteroatoms. The maximum absolute atomic E-state index is 11.4. The van der Waals surface area contributed by atoms with Crippen molar-refractivity contribution in [3.05, 3.63) is 70.3 Å². The summed E-state index contributed by atoms with van der Waals surface area (Å²) in [6.45, 7) is 11.6. The second kappa shape index (κ2) is 7.79. The van der Waals surface area contributed by atoms with E-state index in [0.29, 0.717) is 0 Å². The standard InChI is InChI=1S/C26H30N2O2S/c1-17-21-22(26(4,5)15-14-25(21,2)3)31-23(17)28(20-9-7-6-8-16-27-20)19-12-10-18(11-13-19)24(29)30/h7-13,16H,6,14-15H2,1-5H3,(H,29,30). The first-order valence-electron chi connectivity index (χ1n) is 10.8. The van der Waals surface area contributed by atoms with Gasteiger partial charge in [-0.1, -0.05) is 39.8 Å². The van der Waals surface area contributed by atoms with Crippen LogP contribution in [0.1, 0.15) is 73.3 Å². The van der Waals surface area contributed by atoms with Gasteiger partial charge in [0.25, 0.3) is 0 Å². The van der Waals surface area contributed by atoms with Crippen LogP contribution in [-0.2, 0) is 10.8 Å². The van der Waals surface area contributed by atoms with Gasteiger partial charge in [-0.15, -0.1) is 11.3 Å². The average Bonchev–Trinajstić information content (AvgIpc) is 2.90. The van der Waals surface area contributed by atoms with Gasteiger partial charge < -0.3 is 5.11 Å². The van der Waals surface area contributed by atoms with E-state index in [1.165, 1.54) is 28.8 Å². The Labute approximate surface area is 188 Å². The molecule has 0 amide bonds. The summed E-state index contributed by atoms with van der Waals surface area (Å²) in [7, 11) is 0.